The number of rotatable bonds is 6. The molecule has 0 bridgehead atoms. The first-order valence-corrected chi connectivity index (χ1v) is 7.93. The van der Waals surface area contributed by atoms with Gasteiger partial charge in [0.05, 0.1) is 5.69 Å². The second-order valence-corrected chi connectivity index (χ2v) is 6.24. The first-order chi connectivity index (χ1) is 9.15. The van der Waals surface area contributed by atoms with Crippen LogP contribution in [0.1, 0.15) is 57.7 Å². The number of hydrogen-bond donors (Lipinski definition) is 1. The summed E-state index contributed by atoms with van der Waals surface area (Å²) in [4.78, 5) is 4.91. The lowest BCUT2D eigenvalue weighted by molar-refractivity contribution is 0.397. The molecule has 3 nitrogen and oxygen atoms in total. The van der Waals surface area contributed by atoms with Gasteiger partial charge in [0.2, 0.25) is 0 Å². The van der Waals surface area contributed by atoms with Crippen LogP contribution in [0.4, 0.5) is 0 Å². The van der Waals surface area contributed by atoms with Crippen LogP contribution < -0.4 is 5.32 Å². The summed E-state index contributed by atoms with van der Waals surface area (Å²) in [5.74, 6) is 2.78. The summed E-state index contributed by atoms with van der Waals surface area (Å²) in [6.45, 7) is 12.4. The second-order valence-electron chi connectivity index (χ2n) is 6.24. The van der Waals surface area contributed by atoms with Gasteiger partial charge < -0.3 is 9.88 Å². The fourth-order valence-corrected chi connectivity index (χ4v) is 2.97. The topological polar surface area (TPSA) is 29.9 Å². The fourth-order valence-electron chi connectivity index (χ4n) is 2.97. The molecule has 1 aliphatic rings. The van der Waals surface area contributed by atoms with Gasteiger partial charge in [0, 0.05) is 38.2 Å². The fraction of sp³-hybridized carbons (Fsp3) is 0.812. The molecular weight excluding hydrogens is 234 g/mol. The van der Waals surface area contributed by atoms with Gasteiger partial charge in [-0.1, -0.05) is 40.5 Å². The third-order valence-corrected chi connectivity index (χ3v) is 4.25. The highest BCUT2D eigenvalue weighted by Crippen LogP contribution is 2.22. The lowest BCUT2D eigenvalue weighted by Gasteiger charge is -2.20. The summed E-state index contributed by atoms with van der Waals surface area (Å²) in [5, 5.41) is 3.44. The van der Waals surface area contributed by atoms with E-state index in [1.54, 1.807) is 0 Å². The van der Waals surface area contributed by atoms with Gasteiger partial charge in [-0.25, -0.2) is 4.98 Å². The monoisotopic (exact) mass is 263 g/mol. The highest BCUT2D eigenvalue weighted by Gasteiger charge is 2.21. The van der Waals surface area contributed by atoms with E-state index >= 15 is 0 Å². The molecule has 3 heteroatoms. The Hall–Kier alpha value is -0.830. The molecule has 0 fully saturated rings. The lowest BCUT2D eigenvalue weighted by Crippen LogP contribution is -2.26. The maximum Gasteiger partial charge on any atom is 0.109 e. The molecule has 1 aromatic heterocycles. The Kier molecular flexibility index (Phi) is 5.03. The van der Waals surface area contributed by atoms with Gasteiger partial charge in [0.25, 0.3) is 0 Å². The van der Waals surface area contributed by atoms with Crippen molar-refractivity contribution in [1.82, 2.24) is 14.9 Å². The molecule has 1 aliphatic heterocycles. The summed E-state index contributed by atoms with van der Waals surface area (Å²) >= 11 is 0. The largest absolute Gasteiger partial charge is 0.331 e. The number of imidazole rings is 1. The van der Waals surface area contributed by atoms with Gasteiger partial charge >= 0.3 is 0 Å². The second kappa shape index (κ2) is 6.56. The van der Waals surface area contributed by atoms with Crippen molar-refractivity contribution < 1.29 is 0 Å². The highest BCUT2D eigenvalue weighted by atomic mass is 15.1. The van der Waals surface area contributed by atoms with Crippen molar-refractivity contribution in [2.24, 2.45) is 11.8 Å². The van der Waals surface area contributed by atoms with E-state index < -0.39 is 0 Å². The average molecular weight is 263 g/mol. The van der Waals surface area contributed by atoms with Crippen LogP contribution in [0.15, 0.2) is 0 Å². The van der Waals surface area contributed by atoms with Crippen molar-refractivity contribution in [2.45, 2.75) is 66.5 Å². The molecule has 1 N–H and O–H groups in total. The SMILES string of the molecule is CCC(CC)Cn1c(CC(C)C)nc2c1CCNC2. The molecule has 0 spiro atoms. The van der Waals surface area contributed by atoms with Gasteiger partial charge in [-0.05, 0) is 11.8 Å². The summed E-state index contributed by atoms with van der Waals surface area (Å²) < 4.78 is 2.55. The van der Waals surface area contributed by atoms with Gasteiger partial charge in [-0.3, -0.25) is 0 Å². The molecule has 0 saturated heterocycles. The lowest BCUT2D eigenvalue weighted by atomic mass is 10.0. The summed E-state index contributed by atoms with van der Waals surface area (Å²) in [6, 6.07) is 0. The van der Waals surface area contributed by atoms with E-state index in [-0.39, 0.29) is 0 Å². The smallest absolute Gasteiger partial charge is 0.109 e. The molecule has 19 heavy (non-hydrogen) atoms. The Morgan fingerprint density at radius 3 is 2.63 bits per heavy atom. The minimum absolute atomic E-state index is 0.678. The van der Waals surface area contributed by atoms with Gasteiger partial charge in [-0.15, -0.1) is 0 Å². The molecule has 108 valence electrons. The van der Waals surface area contributed by atoms with Gasteiger partial charge in [0.1, 0.15) is 5.82 Å². The third-order valence-electron chi connectivity index (χ3n) is 4.25. The van der Waals surface area contributed by atoms with Crippen LogP contribution in [0, 0.1) is 11.8 Å². The maximum atomic E-state index is 4.91. The molecule has 0 aliphatic carbocycles. The molecular formula is C16H29N3. The first-order valence-electron chi connectivity index (χ1n) is 7.93. The molecule has 0 amide bonds. The standard InChI is InChI=1S/C16H29N3/c1-5-13(6-2)11-19-15-7-8-17-10-14(15)18-16(19)9-12(3)4/h12-13,17H,5-11H2,1-4H3. The van der Waals surface area contributed by atoms with Crippen molar-refractivity contribution in [3.8, 4) is 0 Å². The van der Waals surface area contributed by atoms with Crippen LogP contribution in [0.2, 0.25) is 0 Å². The molecule has 0 saturated carbocycles. The molecule has 0 unspecified atom stereocenters. The number of hydrogen-bond acceptors (Lipinski definition) is 2. The Morgan fingerprint density at radius 2 is 2.00 bits per heavy atom. The molecule has 1 aromatic rings. The van der Waals surface area contributed by atoms with Crippen molar-refractivity contribution in [1.29, 1.82) is 0 Å². The summed E-state index contributed by atoms with van der Waals surface area (Å²) in [7, 11) is 0. The molecule has 0 radical (unpaired) electrons. The van der Waals surface area contributed by atoms with Crippen LogP contribution in [0.5, 0.6) is 0 Å². The van der Waals surface area contributed by atoms with E-state index in [4.69, 9.17) is 4.98 Å². The van der Waals surface area contributed by atoms with Crippen LogP contribution >= 0.6 is 0 Å². The Bertz CT molecular complexity index is 402. The van der Waals surface area contributed by atoms with Crippen molar-refractivity contribution in [3.05, 3.63) is 17.2 Å². The normalized spacial score (nSPS) is 15.3. The Labute approximate surface area is 117 Å². The number of nitrogens with one attached hydrogen (secondary N) is 1. The zero-order chi connectivity index (χ0) is 13.8. The summed E-state index contributed by atoms with van der Waals surface area (Å²) in [5.41, 5.74) is 2.80. The first kappa shape index (κ1) is 14.6. The molecule has 2 rings (SSSR count). The van der Waals surface area contributed by atoms with Crippen LogP contribution in [-0.4, -0.2) is 16.1 Å². The van der Waals surface area contributed by atoms with Crippen LogP contribution in [-0.2, 0) is 25.9 Å². The number of aromatic nitrogens is 2. The van der Waals surface area contributed by atoms with E-state index in [0.717, 1.165) is 38.4 Å². The van der Waals surface area contributed by atoms with Crippen molar-refractivity contribution >= 4 is 0 Å². The zero-order valence-electron chi connectivity index (χ0n) is 13.0. The third kappa shape index (κ3) is 3.38. The zero-order valence-corrected chi connectivity index (χ0v) is 13.0. The van der Waals surface area contributed by atoms with Gasteiger partial charge in [-0.2, -0.15) is 0 Å². The molecule has 0 aromatic carbocycles. The van der Waals surface area contributed by atoms with Crippen molar-refractivity contribution in [2.75, 3.05) is 6.54 Å². The van der Waals surface area contributed by atoms with E-state index in [1.165, 1.54) is 30.1 Å². The van der Waals surface area contributed by atoms with Crippen LogP contribution in [0.3, 0.4) is 0 Å². The minimum Gasteiger partial charge on any atom is -0.331 e. The van der Waals surface area contributed by atoms with E-state index in [0.29, 0.717) is 5.92 Å². The minimum atomic E-state index is 0.678. The van der Waals surface area contributed by atoms with E-state index in [2.05, 4.69) is 37.6 Å². The molecule has 0 atom stereocenters. The average Bonchev–Trinajstić information content (AvgIpc) is 2.72. The van der Waals surface area contributed by atoms with Gasteiger partial charge in [0.15, 0.2) is 0 Å². The van der Waals surface area contributed by atoms with Crippen LogP contribution in [0.25, 0.3) is 0 Å². The number of nitrogens with zero attached hydrogens (tertiary/aromatic N) is 2. The summed E-state index contributed by atoms with van der Waals surface area (Å²) in [6.07, 6.45) is 4.78. The Balaban J connectivity index is 2.28. The predicted octanol–water partition coefficient (Wildman–Crippen LogP) is 3.16. The van der Waals surface area contributed by atoms with E-state index in [1.807, 2.05) is 0 Å². The quantitative estimate of drug-likeness (QED) is 0.854. The predicted molar refractivity (Wildman–Crippen MR) is 80.3 cm³/mol. The van der Waals surface area contributed by atoms with Crippen molar-refractivity contribution in [3.63, 3.8) is 0 Å². The van der Waals surface area contributed by atoms with E-state index in [9.17, 15) is 0 Å². The highest BCUT2D eigenvalue weighted by molar-refractivity contribution is 5.20. The maximum absolute atomic E-state index is 4.91. The molecule has 2 heterocycles. The number of fused-ring (bicyclic) bond motifs is 1. The Morgan fingerprint density at radius 1 is 1.26 bits per heavy atom.